The largest absolute Gasteiger partial charge is 0.198 e. The molecule has 0 unspecified atom stereocenters. The van der Waals surface area contributed by atoms with Crippen LogP contribution in [0, 0.1) is 0 Å². The van der Waals surface area contributed by atoms with Gasteiger partial charge < -0.3 is 0 Å². The summed E-state index contributed by atoms with van der Waals surface area (Å²) < 4.78 is 0. The lowest BCUT2D eigenvalue weighted by molar-refractivity contribution is 0.940. The number of nitrogens with one attached hydrogen (secondary N) is 1. The normalized spacial score (nSPS) is 6.57. The predicted molar refractivity (Wildman–Crippen MR) is 28.0 cm³/mol. The van der Waals surface area contributed by atoms with E-state index >= 15 is 0 Å². The summed E-state index contributed by atoms with van der Waals surface area (Å²) in [5.41, 5.74) is 0. The number of rotatable bonds is 0. The minimum Gasteiger partial charge on any atom is -0.198 e. The Morgan fingerprint density at radius 1 is 1.29 bits per heavy atom. The maximum absolute atomic E-state index is 3.49. The second-order valence-corrected chi connectivity index (χ2v) is 0.656. The van der Waals surface area contributed by atoms with Gasteiger partial charge in [0.2, 0.25) is 0 Å². The van der Waals surface area contributed by atoms with Crippen LogP contribution in [0.5, 0.6) is 0 Å². The Morgan fingerprint density at radius 3 is 1.86 bits per heavy atom. The zero-order valence-corrected chi connectivity index (χ0v) is 5.05. The summed E-state index contributed by atoms with van der Waals surface area (Å²) in [6.07, 6.45) is 3.17. The Hall–Kier alpha value is -0.643. The van der Waals surface area contributed by atoms with Crippen LogP contribution in [0.2, 0.25) is 6.55 Å². The van der Waals surface area contributed by atoms with Crippen molar-refractivity contribution in [2.24, 2.45) is 0 Å². The highest BCUT2D eigenvalue weighted by atomic mass is 28.1. The summed E-state index contributed by atoms with van der Waals surface area (Å²) in [6.45, 7) is 1.81. The first kappa shape index (κ1) is 6.36. The molecule has 37 valence electrons. The van der Waals surface area contributed by atoms with E-state index in [-0.39, 0.29) is 0 Å². The molecule has 3 radical (unpaired) electrons. The maximum Gasteiger partial charge on any atom is 0.0690 e. The average Bonchev–Trinajstić information content (AvgIpc) is 2.23. The monoisotopic (exact) mass is 112 g/mol. The Labute approximate surface area is 45.6 Å². The minimum atomic E-state index is 1.58. The smallest absolute Gasteiger partial charge is 0.0690 e. The molecule has 0 aliphatic carbocycles. The number of nitrogens with zero attached hydrogens (tertiary/aromatic N) is 2. The minimum absolute atomic E-state index is 1.58. The van der Waals surface area contributed by atoms with Crippen LogP contribution in [0.4, 0.5) is 0 Å². The predicted octanol–water partition coefficient (Wildman–Crippen LogP) is 0.00770. The summed E-state index contributed by atoms with van der Waals surface area (Å²) >= 11 is 0. The molecule has 0 aliphatic rings. The molecule has 0 fully saturated rings. The van der Waals surface area contributed by atoms with Crippen molar-refractivity contribution in [3.05, 3.63) is 12.4 Å². The van der Waals surface area contributed by atoms with Crippen LogP contribution in [0.1, 0.15) is 0 Å². The van der Waals surface area contributed by atoms with Crippen LogP contribution in [0.25, 0.3) is 0 Å². The molecule has 0 spiro atoms. The van der Waals surface area contributed by atoms with Gasteiger partial charge in [-0.2, -0.15) is 15.4 Å². The molecule has 4 heteroatoms. The molecule has 3 nitrogen and oxygen atoms in total. The Morgan fingerprint density at radius 2 is 1.71 bits per heavy atom. The summed E-state index contributed by atoms with van der Waals surface area (Å²) in [7, 11) is 2.97. The lowest BCUT2D eigenvalue weighted by atomic mass is 11.0. The van der Waals surface area contributed by atoms with Crippen LogP contribution in [-0.2, 0) is 0 Å². The fourth-order valence-electron chi connectivity index (χ4n) is 0.167. The highest BCUT2D eigenvalue weighted by Crippen LogP contribution is 1.55. The molecule has 1 heterocycles. The van der Waals surface area contributed by atoms with Gasteiger partial charge in [0.25, 0.3) is 0 Å². The van der Waals surface area contributed by atoms with Crippen molar-refractivity contribution in [2.45, 2.75) is 6.55 Å². The number of aromatic nitrogens is 3. The molecule has 1 N–H and O–H groups in total. The lowest BCUT2D eigenvalue weighted by Gasteiger charge is -1.48. The standard InChI is InChI=1S/C2H3N3.CH3Si/c1-2-4-5-3-1;1-2/h1-2H,(H,3,4,5);1H3. The highest BCUT2D eigenvalue weighted by molar-refractivity contribution is 6.05. The van der Waals surface area contributed by atoms with E-state index < -0.39 is 0 Å². The molecule has 0 saturated heterocycles. The first-order valence-corrected chi connectivity index (χ1v) is 2.80. The summed E-state index contributed by atoms with van der Waals surface area (Å²) in [4.78, 5) is 0. The molecule has 0 amide bonds. The first-order valence-electron chi connectivity index (χ1n) is 1.80. The van der Waals surface area contributed by atoms with E-state index in [1.807, 2.05) is 0 Å². The lowest BCUT2D eigenvalue weighted by Crippen LogP contribution is -1.61. The van der Waals surface area contributed by atoms with Gasteiger partial charge in [-0.15, -0.1) is 0 Å². The van der Waals surface area contributed by atoms with Gasteiger partial charge in [0.05, 0.1) is 12.4 Å². The molecule has 1 aromatic rings. The molecule has 7 heavy (non-hydrogen) atoms. The molecular formula is C3H6N3Si. The molecule has 0 bridgehead atoms. The molecule has 1 aromatic heterocycles. The van der Waals surface area contributed by atoms with E-state index in [9.17, 15) is 0 Å². The summed E-state index contributed by atoms with van der Waals surface area (Å²) in [6, 6.07) is 0. The molecular weight excluding hydrogens is 106 g/mol. The maximum atomic E-state index is 3.49. The van der Waals surface area contributed by atoms with Crippen molar-refractivity contribution in [1.29, 1.82) is 0 Å². The molecule has 0 atom stereocenters. The van der Waals surface area contributed by atoms with Gasteiger partial charge in [-0.3, -0.25) is 0 Å². The van der Waals surface area contributed by atoms with E-state index in [0.29, 0.717) is 0 Å². The van der Waals surface area contributed by atoms with Gasteiger partial charge in [-0.1, -0.05) is 6.55 Å². The van der Waals surface area contributed by atoms with Crippen molar-refractivity contribution < 1.29 is 0 Å². The van der Waals surface area contributed by atoms with E-state index in [1.54, 1.807) is 18.9 Å². The third-order valence-electron chi connectivity index (χ3n) is 0.331. The van der Waals surface area contributed by atoms with E-state index in [4.69, 9.17) is 0 Å². The summed E-state index contributed by atoms with van der Waals surface area (Å²) in [5, 5.41) is 9.33. The van der Waals surface area contributed by atoms with Crippen LogP contribution in [-0.4, -0.2) is 25.7 Å². The van der Waals surface area contributed by atoms with Crippen LogP contribution < -0.4 is 0 Å². The molecule has 0 aliphatic heterocycles. The van der Waals surface area contributed by atoms with Crippen molar-refractivity contribution in [3.8, 4) is 0 Å². The Kier molecular flexibility index (Phi) is 4.86. The highest BCUT2D eigenvalue weighted by Gasteiger charge is 1.57. The van der Waals surface area contributed by atoms with Crippen molar-refractivity contribution in [1.82, 2.24) is 15.4 Å². The van der Waals surface area contributed by atoms with E-state index in [2.05, 4.69) is 25.7 Å². The average molecular weight is 112 g/mol. The van der Waals surface area contributed by atoms with Gasteiger partial charge in [-0.05, 0) is 0 Å². The topological polar surface area (TPSA) is 41.6 Å². The van der Waals surface area contributed by atoms with E-state index in [0.717, 1.165) is 0 Å². The van der Waals surface area contributed by atoms with Gasteiger partial charge in [-0.25, -0.2) is 0 Å². The first-order chi connectivity index (χ1) is 3.50. The van der Waals surface area contributed by atoms with Gasteiger partial charge >= 0.3 is 0 Å². The van der Waals surface area contributed by atoms with Crippen LogP contribution in [0.15, 0.2) is 12.4 Å². The fourth-order valence-corrected chi connectivity index (χ4v) is 0.167. The van der Waals surface area contributed by atoms with Gasteiger partial charge in [0.1, 0.15) is 0 Å². The second-order valence-electron chi connectivity index (χ2n) is 0.656. The molecule has 1 rings (SSSR count). The zero-order valence-electron chi connectivity index (χ0n) is 4.05. The number of aromatic amines is 1. The number of H-pyrrole nitrogens is 1. The number of hydrogen-bond acceptors (Lipinski definition) is 2. The quantitative estimate of drug-likeness (QED) is 0.480. The Bertz CT molecular complexity index is 66.7. The van der Waals surface area contributed by atoms with Crippen LogP contribution in [0.3, 0.4) is 0 Å². The van der Waals surface area contributed by atoms with Gasteiger partial charge in [0.15, 0.2) is 0 Å². The third kappa shape index (κ3) is 3.18. The SMILES string of the molecule is C[Si].c1cn[nH]n1. The van der Waals surface area contributed by atoms with Crippen molar-refractivity contribution in [2.75, 3.05) is 0 Å². The molecule has 0 saturated carbocycles. The number of hydrogen-bond donors (Lipinski definition) is 1. The summed E-state index contributed by atoms with van der Waals surface area (Å²) in [5.74, 6) is 0. The molecule has 0 aromatic carbocycles. The van der Waals surface area contributed by atoms with Gasteiger partial charge in [0, 0.05) is 10.2 Å². The van der Waals surface area contributed by atoms with Crippen molar-refractivity contribution >= 4 is 10.2 Å². The van der Waals surface area contributed by atoms with Crippen molar-refractivity contribution in [3.63, 3.8) is 0 Å². The van der Waals surface area contributed by atoms with Crippen LogP contribution >= 0.6 is 0 Å². The zero-order chi connectivity index (χ0) is 5.54. The third-order valence-corrected chi connectivity index (χ3v) is 0.331. The fraction of sp³-hybridized carbons (Fsp3) is 0.333. The van der Waals surface area contributed by atoms with E-state index in [1.165, 1.54) is 0 Å². The second kappa shape index (κ2) is 5.36. The Balaban J connectivity index is 0.000000162.